The molecule has 0 fully saturated rings. The van der Waals surface area contributed by atoms with Crippen LogP contribution in [0.5, 0.6) is 0 Å². The molecule has 0 amide bonds. The van der Waals surface area contributed by atoms with E-state index in [4.69, 9.17) is 4.74 Å². The topological polar surface area (TPSA) is 63.7 Å². The van der Waals surface area contributed by atoms with Crippen molar-refractivity contribution in [2.75, 3.05) is 17.5 Å². The zero-order valence-corrected chi connectivity index (χ0v) is 15.8. The van der Waals surface area contributed by atoms with Crippen molar-refractivity contribution in [2.45, 2.75) is 18.7 Å². The molecule has 0 aliphatic rings. The van der Waals surface area contributed by atoms with Gasteiger partial charge >= 0.3 is 5.97 Å². The van der Waals surface area contributed by atoms with Crippen molar-refractivity contribution >= 4 is 37.6 Å². The molecule has 128 valence electrons. The van der Waals surface area contributed by atoms with E-state index in [0.717, 1.165) is 14.3 Å². The first-order chi connectivity index (χ1) is 11.3. The number of halogens is 1. The first-order valence-electron chi connectivity index (χ1n) is 7.35. The van der Waals surface area contributed by atoms with Gasteiger partial charge in [0.05, 0.1) is 17.2 Å². The number of sulfonamides is 1. The van der Waals surface area contributed by atoms with E-state index < -0.39 is 16.0 Å². The monoisotopic (exact) mass is 411 g/mol. The number of hydrogen-bond donors (Lipinski definition) is 0. The van der Waals surface area contributed by atoms with E-state index in [1.807, 2.05) is 6.92 Å². The Morgan fingerprint density at radius 1 is 1.08 bits per heavy atom. The number of hydrogen-bond acceptors (Lipinski definition) is 4. The maximum atomic E-state index is 13.0. The molecule has 0 heterocycles. The molecule has 0 aliphatic heterocycles. The lowest BCUT2D eigenvalue weighted by Crippen LogP contribution is -2.36. The summed E-state index contributed by atoms with van der Waals surface area (Å²) in [6.07, 6.45) is 0. The van der Waals surface area contributed by atoms with Crippen LogP contribution in [0.2, 0.25) is 0 Å². The number of rotatable bonds is 6. The summed E-state index contributed by atoms with van der Waals surface area (Å²) >= 11 is 3.31. The van der Waals surface area contributed by atoms with Gasteiger partial charge in [-0.1, -0.05) is 33.6 Å². The summed E-state index contributed by atoms with van der Waals surface area (Å²) in [7, 11) is -3.88. The number of benzene rings is 2. The zero-order valence-electron chi connectivity index (χ0n) is 13.4. The minimum atomic E-state index is -3.88. The minimum Gasteiger partial charge on any atom is -0.465 e. The molecule has 0 saturated heterocycles. The van der Waals surface area contributed by atoms with Crippen molar-refractivity contribution in [2.24, 2.45) is 0 Å². The molecular formula is C17H18BrNO4S. The van der Waals surface area contributed by atoms with Gasteiger partial charge in [0, 0.05) is 4.47 Å². The van der Waals surface area contributed by atoms with E-state index in [1.54, 1.807) is 43.3 Å². The molecule has 5 nitrogen and oxygen atoms in total. The van der Waals surface area contributed by atoms with Gasteiger partial charge in [-0.3, -0.25) is 9.10 Å². The van der Waals surface area contributed by atoms with Crippen molar-refractivity contribution in [3.8, 4) is 0 Å². The van der Waals surface area contributed by atoms with E-state index in [2.05, 4.69) is 15.9 Å². The lowest BCUT2D eigenvalue weighted by atomic mass is 10.2. The van der Waals surface area contributed by atoms with Crippen LogP contribution in [0.25, 0.3) is 0 Å². The Morgan fingerprint density at radius 2 is 1.67 bits per heavy atom. The molecule has 2 rings (SSSR count). The minimum absolute atomic E-state index is 0.125. The summed E-state index contributed by atoms with van der Waals surface area (Å²) in [6, 6.07) is 13.2. The van der Waals surface area contributed by atoms with Crippen molar-refractivity contribution in [3.63, 3.8) is 0 Å². The third-order valence-corrected chi connectivity index (χ3v) is 5.62. The summed E-state index contributed by atoms with van der Waals surface area (Å²) in [5.74, 6) is -0.601. The molecular weight excluding hydrogens is 394 g/mol. The van der Waals surface area contributed by atoms with Gasteiger partial charge in [-0.2, -0.15) is 0 Å². The van der Waals surface area contributed by atoms with Crippen LogP contribution in [0.4, 0.5) is 5.69 Å². The Kier molecular flexibility index (Phi) is 6.01. The van der Waals surface area contributed by atoms with E-state index in [0.29, 0.717) is 5.69 Å². The van der Waals surface area contributed by atoms with Crippen LogP contribution in [0.1, 0.15) is 12.5 Å². The molecule has 2 aromatic rings. The number of ether oxygens (including phenoxy) is 1. The highest BCUT2D eigenvalue weighted by molar-refractivity contribution is 9.10. The maximum Gasteiger partial charge on any atom is 0.326 e. The fourth-order valence-electron chi connectivity index (χ4n) is 2.08. The van der Waals surface area contributed by atoms with Crippen LogP contribution in [0, 0.1) is 6.92 Å². The predicted molar refractivity (Wildman–Crippen MR) is 96.5 cm³/mol. The Labute approximate surface area is 150 Å². The summed E-state index contributed by atoms with van der Waals surface area (Å²) in [4.78, 5) is 12.0. The van der Waals surface area contributed by atoms with E-state index >= 15 is 0 Å². The lowest BCUT2D eigenvalue weighted by molar-refractivity contribution is -0.141. The van der Waals surface area contributed by atoms with Crippen LogP contribution >= 0.6 is 15.9 Å². The number of esters is 1. The summed E-state index contributed by atoms with van der Waals surface area (Å²) in [6.45, 7) is 3.36. The quantitative estimate of drug-likeness (QED) is 0.682. The Hall–Kier alpha value is -1.86. The van der Waals surface area contributed by atoms with Gasteiger partial charge in [0.2, 0.25) is 0 Å². The second-order valence-corrected chi connectivity index (χ2v) is 7.88. The molecule has 0 N–H and O–H groups in total. The lowest BCUT2D eigenvalue weighted by Gasteiger charge is -2.23. The average Bonchev–Trinajstić information content (AvgIpc) is 2.54. The number of carbonyl (C=O) groups is 1. The van der Waals surface area contributed by atoms with Crippen LogP contribution in [-0.2, 0) is 19.6 Å². The van der Waals surface area contributed by atoms with Crippen LogP contribution in [0.15, 0.2) is 57.9 Å². The summed E-state index contributed by atoms with van der Waals surface area (Å²) in [5.41, 5.74) is 1.35. The molecule has 0 radical (unpaired) electrons. The molecule has 0 spiro atoms. The zero-order chi connectivity index (χ0) is 17.7. The van der Waals surface area contributed by atoms with Crippen LogP contribution in [0.3, 0.4) is 0 Å². The molecule has 0 unspecified atom stereocenters. The van der Waals surface area contributed by atoms with E-state index in [9.17, 15) is 13.2 Å². The van der Waals surface area contributed by atoms with E-state index in [1.165, 1.54) is 12.1 Å². The van der Waals surface area contributed by atoms with Crippen molar-refractivity contribution in [1.29, 1.82) is 0 Å². The standard InChI is InChI=1S/C17H18BrNO4S/c1-3-23-17(20)12-19(15-8-6-14(18)7-9-15)24(21,22)16-10-4-13(2)5-11-16/h4-11H,3,12H2,1-2H3. The van der Waals surface area contributed by atoms with Crippen LogP contribution in [-0.4, -0.2) is 27.5 Å². The van der Waals surface area contributed by atoms with Crippen LogP contribution < -0.4 is 4.31 Å². The highest BCUT2D eigenvalue weighted by Crippen LogP contribution is 2.25. The van der Waals surface area contributed by atoms with Gasteiger partial charge in [0.25, 0.3) is 10.0 Å². The number of nitrogens with zero attached hydrogens (tertiary/aromatic N) is 1. The van der Waals surface area contributed by atoms with Gasteiger partial charge < -0.3 is 4.74 Å². The van der Waals surface area contributed by atoms with Gasteiger partial charge in [-0.25, -0.2) is 8.42 Å². The van der Waals surface area contributed by atoms with Crippen molar-refractivity contribution in [3.05, 3.63) is 58.6 Å². The highest BCUT2D eigenvalue weighted by atomic mass is 79.9. The Bertz CT molecular complexity index is 801. The first-order valence-corrected chi connectivity index (χ1v) is 9.58. The van der Waals surface area contributed by atoms with Gasteiger partial charge in [0.1, 0.15) is 6.54 Å². The smallest absolute Gasteiger partial charge is 0.326 e. The number of anilines is 1. The third kappa shape index (κ3) is 4.36. The molecule has 0 bridgehead atoms. The normalized spacial score (nSPS) is 11.1. The third-order valence-electron chi connectivity index (χ3n) is 3.30. The molecule has 0 aromatic heterocycles. The fraction of sp³-hybridized carbons (Fsp3) is 0.235. The average molecular weight is 412 g/mol. The molecule has 0 atom stereocenters. The highest BCUT2D eigenvalue weighted by Gasteiger charge is 2.27. The van der Waals surface area contributed by atoms with Crippen molar-refractivity contribution in [1.82, 2.24) is 0 Å². The maximum absolute atomic E-state index is 13.0. The molecule has 0 saturated carbocycles. The Morgan fingerprint density at radius 3 is 2.21 bits per heavy atom. The van der Waals surface area contributed by atoms with Crippen molar-refractivity contribution < 1.29 is 17.9 Å². The second kappa shape index (κ2) is 7.81. The van der Waals surface area contributed by atoms with Gasteiger partial charge in [-0.05, 0) is 50.2 Å². The number of aryl methyl sites for hydroxylation is 1. The molecule has 0 aliphatic carbocycles. The summed E-state index contributed by atoms with van der Waals surface area (Å²) in [5, 5.41) is 0. The van der Waals surface area contributed by atoms with Gasteiger partial charge in [0.15, 0.2) is 0 Å². The first kappa shape index (κ1) is 18.5. The summed E-state index contributed by atoms with van der Waals surface area (Å²) < 4.78 is 32.7. The largest absolute Gasteiger partial charge is 0.465 e. The van der Waals surface area contributed by atoms with Gasteiger partial charge in [-0.15, -0.1) is 0 Å². The fourth-order valence-corrected chi connectivity index (χ4v) is 3.76. The van der Waals surface area contributed by atoms with E-state index in [-0.39, 0.29) is 18.0 Å². The molecule has 7 heteroatoms. The molecule has 24 heavy (non-hydrogen) atoms. The number of carbonyl (C=O) groups excluding carboxylic acids is 1. The second-order valence-electron chi connectivity index (χ2n) is 5.11. The Balaban J connectivity index is 2.45. The molecule has 2 aromatic carbocycles. The predicted octanol–water partition coefficient (Wildman–Crippen LogP) is 3.52. The SMILES string of the molecule is CCOC(=O)CN(c1ccc(Br)cc1)S(=O)(=O)c1ccc(C)cc1.